The molecule has 26 heavy (non-hydrogen) atoms. The summed E-state index contributed by atoms with van der Waals surface area (Å²) >= 11 is 2.62. The predicted octanol–water partition coefficient (Wildman–Crippen LogP) is 5.07. The molecule has 0 aliphatic heterocycles. The van der Waals surface area contributed by atoms with E-state index in [1.807, 2.05) is 23.6 Å². The molecule has 1 fully saturated rings. The van der Waals surface area contributed by atoms with Crippen LogP contribution in [-0.2, 0) is 10.0 Å². The van der Waals surface area contributed by atoms with Crippen LogP contribution in [0.15, 0.2) is 61.8 Å². The second-order valence-electron chi connectivity index (χ2n) is 6.43. The first-order chi connectivity index (χ1) is 12.6. The average molecular weight is 405 g/mol. The molecule has 0 bridgehead atoms. The molecule has 7 heteroatoms. The van der Waals surface area contributed by atoms with Crippen molar-refractivity contribution in [2.75, 3.05) is 0 Å². The largest absolute Gasteiger partial charge is 0.313 e. The Morgan fingerprint density at radius 3 is 2.42 bits per heavy atom. The Kier molecular flexibility index (Phi) is 5.11. The number of sulfonamides is 1. The van der Waals surface area contributed by atoms with E-state index in [1.165, 1.54) is 41.9 Å². The van der Waals surface area contributed by atoms with Gasteiger partial charge in [0.05, 0.1) is 5.69 Å². The summed E-state index contributed by atoms with van der Waals surface area (Å²) in [5, 5.41) is 3.80. The Hall–Kier alpha value is -1.70. The first-order valence-corrected chi connectivity index (χ1v) is 11.9. The monoisotopic (exact) mass is 404 g/mol. The molecule has 0 radical (unpaired) electrons. The Bertz CT molecular complexity index is 1030. The van der Waals surface area contributed by atoms with E-state index < -0.39 is 10.0 Å². The second-order valence-corrected chi connectivity index (χ2v) is 10.0. The zero-order chi connectivity index (χ0) is 18.0. The summed E-state index contributed by atoms with van der Waals surface area (Å²) in [4.78, 5) is 0.573. The van der Waals surface area contributed by atoms with E-state index in [2.05, 4.69) is 21.1 Å². The SMILES string of the molecule is O=S(=O)(N=c1scc(-c2ccccc2)n1C1CCCCC1)c1cccs1. The van der Waals surface area contributed by atoms with Gasteiger partial charge in [-0.3, -0.25) is 0 Å². The van der Waals surface area contributed by atoms with Crippen molar-refractivity contribution < 1.29 is 8.42 Å². The molecule has 0 spiro atoms. The topological polar surface area (TPSA) is 51.4 Å². The van der Waals surface area contributed by atoms with Crippen molar-refractivity contribution in [3.8, 4) is 11.3 Å². The van der Waals surface area contributed by atoms with E-state index in [0.717, 1.165) is 24.1 Å². The Balaban J connectivity index is 1.87. The van der Waals surface area contributed by atoms with Gasteiger partial charge in [-0.1, -0.05) is 55.7 Å². The lowest BCUT2D eigenvalue weighted by atomic mass is 9.95. The summed E-state index contributed by atoms with van der Waals surface area (Å²) in [6, 6.07) is 13.8. The fraction of sp³-hybridized carbons (Fsp3) is 0.316. The predicted molar refractivity (Wildman–Crippen MR) is 107 cm³/mol. The van der Waals surface area contributed by atoms with Crippen molar-refractivity contribution in [3.05, 3.63) is 58.0 Å². The average Bonchev–Trinajstić information content (AvgIpc) is 3.33. The molecule has 0 atom stereocenters. The van der Waals surface area contributed by atoms with Crippen LogP contribution in [0.4, 0.5) is 0 Å². The van der Waals surface area contributed by atoms with E-state index in [9.17, 15) is 8.42 Å². The highest BCUT2D eigenvalue weighted by Crippen LogP contribution is 2.32. The van der Waals surface area contributed by atoms with Gasteiger partial charge in [0.15, 0.2) is 0 Å². The summed E-state index contributed by atoms with van der Waals surface area (Å²) in [5.74, 6) is 0. The maximum absolute atomic E-state index is 12.7. The molecular formula is C19H20N2O2S3. The molecule has 0 amide bonds. The molecule has 2 aromatic heterocycles. The maximum Gasteiger partial charge on any atom is 0.294 e. The number of aromatic nitrogens is 1. The van der Waals surface area contributed by atoms with E-state index in [1.54, 1.807) is 17.5 Å². The molecule has 0 unspecified atom stereocenters. The van der Waals surface area contributed by atoms with Crippen LogP contribution in [0.5, 0.6) is 0 Å². The van der Waals surface area contributed by atoms with Crippen LogP contribution in [0.25, 0.3) is 11.3 Å². The molecule has 1 aliphatic rings. The highest BCUT2D eigenvalue weighted by atomic mass is 32.2. The number of rotatable bonds is 4. The van der Waals surface area contributed by atoms with Crippen molar-refractivity contribution in [3.63, 3.8) is 0 Å². The minimum Gasteiger partial charge on any atom is -0.313 e. The third-order valence-electron chi connectivity index (χ3n) is 4.70. The molecule has 2 heterocycles. The molecule has 1 aliphatic carbocycles. The van der Waals surface area contributed by atoms with Gasteiger partial charge in [-0.25, -0.2) is 0 Å². The van der Waals surface area contributed by atoms with Crippen molar-refractivity contribution in [1.82, 2.24) is 4.57 Å². The summed E-state index contributed by atoms with van der Waals surface area (Å²) in [6.07, 6.45) is 5.76. The number of hydrogen-bond acceptors (Lipinski definition) is 4. The van der Waals surface area contributed by atoms with Gasteiger partial charge in [0.1, 0.15) is 4.21 Å². The molecule has 1 aromatic carbocycles. The zero-order valence-corrected chi connectivity index (χ0v) is 16.7. The smallest absolute Gasteiger partial charge is 0.294 e. The highest BCUT2D eigenvalue weighted by molar-refractivity contribution is 7.92. The first kappa shape index (κ1) is 17.7. The van der Waals surface area contributed by atoms with Crippen LogP contribution in [-0.4, -0.2) is 13.0 Å². The van der Waals surface area contributed by atoms with Gasteiger partial charge in [0.2, 0.25) is 4.80 Å². The molecule has 4 rings (SSSR count). The summed E-state index contributed by atoms with van der Waals surface area (Å²) in [5.41, 5.74) is 2.16. The minimum atomic E-state index is -3.67. The van der Waals surface area contributed by atoms with Crippen LogP contribution in [0.2, 0.25) is 0 Å². The third-order valence-corrected chi connectivity index (χ3v) is 8.29. The fourth-order valence-electron chi connectivity index (χ4n) is 3.46. The van der Waals surface area contributed by atoms with Crippen molar-refractivity contribution >= 4 is 32.7 Å². The lowest BCUT2D eigenvalue weighted by molar-refractivity contribution is 0.351. The van der Waals surface area contributed by atoms with E-state index in [4.69, 9.17) is 0 Å². The van der Waals surface area contributed by atoms with Crippen LogP contribution >= 0.6 is 22.7 Å². The molecular weight excluding hydrogens is 384 g/mol. The summed E-state index contributed by atoms with van der Waals surface area (Å²) < 4.78 is 32.0. The van der Waals surface area contributed by atoms with E-state index in [0.29, 0.717) is 15.1 Å². The highest BCUT2D eigenvalue weighted by Gasteiger charge is 2.22. The van der Waals surface area contributed by atoms with Crippen molar-refractivity contribution in [1.29, 1.82) is 0 Å². The molecule has 0 saturated heterocycles. The summed E-state index contributed by atoms with van der Waals surface area (Å²) in [6.45, 7) is 0. The zero-order valence-electron chi connectivity index (χ0n) is 14.2. The van der Waals surface area contributed by atoms with Crippen LogP contribution < -0.4 is 4.80 Å². The Morgan fingerprint density at radius 2 is 1.73 bits per heavy atom. The van der Waals surface area contributed by atoms with E-state index >= 15 is 0 Å². The Labute approximate surface area is 161 Å². The van der Waals surface area contributed by atoms with Gasteiger partial charge >= 0.3 is 0 Å². The van der Waals surface area contributed by atoms with Gasteiger partial charge in [0, 0.05) is 11.4 Å². The van der Waals surface area contributed by atoms with Crippen molar-refractivity contribution in [2.24, 2.45) is 4.40 Å². The van der Waals surface area contributed by atoms with Crippen LogP contribution in [0, 0.1) is 0 Å². The molecule has 0 N–H and O–H groups in total. The van der Waals surface area contributed by atoms with Gasteiger partial charge in [-0.05, 0) is 29.9 Å². The summed E-state index contributed by atoms with van der Waals surface area (Å²) in [7, 11) is -3.67. The first-order valence-electron chi connectivity index (χ1n) is 8.75. The lowest BCUT2D eigenvalue weighted by Gasteiger charge is -2.25. The van der Waals surface area contributed by atoms with Crippen LogP contribution in [0.1, 0.15) is 38.1 Å². The van der Waals surface area contributed by atoms with Crippen molar-refractivity contribution in [2.45, 2.75) is 42.4 Å². The maximum atomic E-state index is 12.7. The quantitative estimate of drug-likeness (QED) is 0.609. The third kappa shape index (κ3) is 3.56. The van der Waals surface area contributed by atoms with Gasteiger partial charge in [0.25, 0.3) is 10.0 Å². The molecule has 3 aromatic rings. The van der Waals surface area contributed by atoms with Gasteiger partial charge < -0.3 is 4.57 Å². The Morgan fingerprint density at radius 1 is 0.962 bits per heavy atom. The molecule has 1 saturated carbocycles. The normalized spacial score (nSPS) is 16.8. The van der Waals surface area contributed by atoms with Gasteiger partial charge in [-0.15, -0.1) is 27.1 Å². The fourth-order valence-corrected chi connectivity index (χ4v) is 6.60. The van der Waals surface area contributed by atoms with Gasteiger partial charge in [-0.2, -0.15) is 8.42 Å². The lowest BCUT2D eigenvalue weighted by Crippen LogP contribution is -2.24. The standard InChI is InChI=1S/C19H20N2O2S3/c22-26(23,18-12-7-13-24-18)20-19-21(16-10-5-2-6-11-16)17(14-25-19)15-8-3-1-4-9-15/h1,3-4,7-9,12-14,16H,2,5-6,10-11H2. The second kappa shape index (κ2) is 7.50. The molecule has 4 nitrogen and oxygen atoms in total. The molecule has 136 valence electrons. The number of nitrogens with zero attached hydrogens (tertiary/aromatic N) is 2. The number of thiophene rings is 1. The minimum absolute atomic E-state index is 0.294. The number of hydrogen-bond donors (Lipinski definition) is 0. The van der Waals surface area contributed by atoms with Crippen LogP contribution in [0.3, 0.4) is 0 Å². The number of thiazole rings is 1. The van der Waals surface area contributed by atoms with E-state index in [-0.39, 0.29) is 0 Å². The number of benzene rings is 1.